The lowest BCUT2D eigenvalue weighted by atomic mass is 9.81. The molecule has 1 N–H and O–H groups in total. The Kier molecular flexibility index (Phi) is 4.00. The maximum Gasteiger partial charge on any atom is 0.137 e. The topological polar surface area (TPSA) is 50.9 Å². The normalized spacial score (nSPS) is 28.9. The third-order valence-electron chi connectivity index (χ3n) is 4.79. The third-order valence-corrected chi connectivity index (χ3v) is 5.04. The van der Waals surface area contributed by atoms with Crippen molar-refractivity contribution < 1.29 is 5.11 Å². The molecule has 1 aliphatic rings. The molecule has 112 valence electrons. The molecule has 3 atom stereocenters. The van der Waals surface area contributed by atoms with Crippen LogP contribution >= 0.6 is 11.6 Å². The van der Waals surface area contributed by atoms with Crippen LogP contribution < -0.4 is 0 Å². The number of nitrogens with zero attached hydrogens (tertiary/aromatic N) is 3. The fourth-order valence-corrected chi connectivity index (χ4v) is 3.52. The Bertz CT molecular complexity index is 584. The van der Waals surface area contributed by atoms with Gasteiger partial charge in [-0.3, -0.25) is 4.68 Å². The van der Waals surface area contributed by atoms with Crippen LogP contribution in [0.25, 0.3) is 0 Å². The van der Waals surface area contributed by atoms with Gasteiger partial charge >= 0.3 is 0 Å². The van der Waals surface area contributed by atoms with E-state index in [1.807, 2.05) is 24.3 Å². The number of aromatic nitrogens is 3. The fourth-order valence-electron chi connectivity index (χ4n) is 3.40. The first-order valence-corrected chi connectivity index (χ1v) is 7.75. The van der Waals surface area contributed by atoms with Gasteiger partial charge in [0.25, 0.3) is 0 Å². The monoisotopic (exact) mass is 305 g/mol. The van der Waals surface area contributed by atoms with E-state index in [9.17, 15) is 5.11 Å². The van der Waals surface area contributed by atoms with Crippen molar-refractivity contribution >= 4 is 11.6 Å². The SMILES string of the molecule is C[C@H]1CC[C@@H](Cc2ccc(Cl)cc2)[C@]1(O)Cn1cncn1. The molecule has 1 aliphatic carbocycles. The van der Waals surface area contributed by atoms with Crippen molar-refractivity contribution in [1.29, 1.82) is 0 Å². The minimum Gasteiger partial charge on any atom is -0.387 e. The lowest BCUT2D eigenvalue weighted by Crippen LogP contribution is -2.44. The average molecular weight is 306 g/mol. The summed E-state index contributed by atoms with van der Waals surface area (Å²) in [4.78, 5) is 3.97. The summed E-state index contributed by atoms with van der Waals surface area (Å²) in [5.74, 6) is 0.497. The van der Waals surface area contributed by atoms with E-state index in [4.69, 9.17) is 11.6 Å². The lowest BCUT2D eigenvalue weighted by Gasteiger charge is -2.34. The molecule has 0 aliphatic heterocycles. The molecule has 5 heteroatoms. The number of hydrogen-bond acceptors (Lipinski definition) is 3. The second-order valence-corrected chi connectivity index (χ2v) is 6.53. The molecule has 0 unspecified atom stereocenters. The van der Waals surface area contributed by atoms with E-state index in [2.05, 4.69) is 17.0 Å². The predicted molar refractivity (Wildman–Crippen MR) is 82.0 cm³/mol. The van der Waals surface area contributed by atoms with E-state index < -0.39 is 5.60 Å². The molecule has 0 spiro atoms. The first kappa shape index (κ1) is 14.5. The quantitative estimate of drug-likeness (QED) is 0.945. The zero-order valence-corrected chi connectivity index (χ0v) is 12.9. The van der Waals surface area contributed by atoms with E-state index in [0.29, 0.717) is 6.54 Å². The Morgan fingerprint density at radius 1 is 1.33 bits per heavy atom. The van der Waals surface area contributed by atoms with Crippen LogP contribution in [0.1, 0.15) is 25.3 Å². The molecule has 1 aromatic heterocycles. The van der Waals surface area contributed by atoms with Gasteiger partial charge in [-0.1, -0.05) is 30.7 Å². The molecule has 1 heterocycles. The average Bonchev–Trinajstić information content (AvgIpc) is 3.05. The van der Waals surface area contributed by atoms with Gasteiger partial charge in [-0.25, -0.2) is 4.98 Å². The smallest absolute Gasteiger partial charge is 0.137 e. The number of halogens is 1. The molecular formula is C16H20ClN3O. The Morgan fingerprint density at radius 3 is 2.76 bits per heavy atom. The van der Waals surface area contributed by atoms with Gasteiger partial charge < -0.3 is 5.11 Å². The van der Waals surface area contributed by atoms with Gasteiger partial charge in [0.1, 0.15) is 12.7 Å². The van der Waals surface area contributed by atoms with E-state index in [-0.39, 0.29) is 11.8 Å². The molecule has 21 heavy (non-hydrogen) atoms. The maximum absolute atomic E-state index is 11.2. The van der Waals surface area contributed by atoms with Crippen molar-refractivity contribution in [2.24, 2.45) is 11.8 Å². The maximum atomic E-state index is 11.2. The Balaban J connectivity index is 1.78. The van der Waals surface area contributed by atoms with Gasteiger partial charge in [0, 0.05) is 5.02 Å². The summed E-state index contributed by atoms with van der Waals surface area (Å²) in [5.41, 5.74) is 0.489. The predicted octanol–water partition coefficient (Wildman–Crippen LogP) is 2.95. The molecular weight excluding hydrogens is 286 g/mol. The highest BCUT2D eigenvalue weighted by Gasteiger charge is 2.46. The molecule has 3 rings (SSSR count). The Morgan fingerprint density at radius 2 is 2.10 bits per heavy atom. The summed E-state index contributed by atoms with van der Waals surface area (Å²) < 4.78 is 1.73. The van der Waals surface area contributed by atoms with Crippen molar-refractivity contribution in [1.82, 2.24) is 14.8 Å². The molecule has 0 amide bonds. The van der Waals surface area contributed by atoms with Crippen LogP contribution in [-0.4, -0.2) is 25.5 Å². The van der Waals surface area contributed by atoms with Crippen LogP contribution in [0.5, 0.6) is 0 Å². The van der Waals surface area contributed by atoms with E-state index in [0.717, 1.165) is 24.3 Å². The van der Waals surface area contributed by atoms with E-state index in [1.54, 1.807) is 11.0 Å². The summed E-state index contributed by atoms with van der Waals surface area (Å²) in [5, 5.41) is 16.1. The summed E-state index contributed by atoms with van der Waals surface area (Å²) >= 11 is 5.93. The summed E-state index contributed by atoms with van der Waals surface area (Å²) in [7, 11) is 0. The minimum absolute atomic E-state index is 0.234. The Labute approximate surface area is 129 Å². The molecule has 0 bridgehead atoms. The number of hydrogen-bond donors (Lipinski definition) is 1. The molecule has 1 fully saturated rings. The minimum atomic E-state index is -0.729. The van der Waals surface area contributed by atoms with Crippen LogP contribution in [0, 0.1) is 11.8 Å². The largest absolute Gasteiger partial charge is 0.387 e. The second kappa shape index (κ2) is 5.78. The second-order valence-electron chi connectivity index (χ2n) is 6.09. The van der Waals surface area contributed by atoms with Gasteiger partial charge in [0.2, 0.25) is 0 Å². The zero-order chi connectivity index (χ0) is 14.9. The highest BCUT2D eigenvalue weighted by atomic mass is 35.5. The van der Waals surface area contributed by atoms with Gasteiger partial charge in [-0.2, -0.15) is 5.10 Å². The van der Waals surface area contributed by atoms with Crippen molar-refractivity contribution in [3.63, 3.8) is 0 Å². The van der Waals surface area contributed by atoms with Crippen LogP contribution in [0.15, 0.2) is 36.9 Å². The van der Waals surface area contributed by atoms with Crippen LogP contribution in [-0.2, 0) is 13.0 Å². The van der Waals surface area contributed by atoms with Crippen molar-refractivity contribution in [2.45, 2.75) is 38.3 Å². The molecule has 0 saturated heterocycles. The molecule has 1 aromatic carbocycles. The molecule has 0 radical (unpaired) electrons. The van der Waals surface area contributed by atoms with Crippen LogP contribution in [0.3, 0.4) is 0 Å². The Hall–Kier alpha value is -1.39. The summed E-state index contributed by atoms with van der Waals surface area (Å²) in [6.07, 6.45) is 6.13. The summed E-state index contributed by atoms with van der Waals surface area (Å²) in [6, 6.07) is 7.90. The number of rotatable bonds is 4. The zero-order valence-electron chi connectivity index (χ0n) is 12.1. The molecule has 2 aromatic rings. The summed E-state index contributed by atoms with van der Waals surface area (Å²) in [6.45, 7) is 2.63. The highest BCUT2D eigenvalue weighted by molar-refractivity contribution is 6.30. The van der Waals surface area contributed by atoms with Gasteiger partial charge in [0.15, 0.2) is 0 Å². The van der Waals surface area contributed by atoms with Gasteiger partial charge in [-0.15, -0.1) is 0 Å². The van der Waals surface area contributed by atoms with Crippen molar-refractivity contribution in [3.8, 4) is 0 Å². The third kappa shape index (κ3) is 2.97. The fraction of sp³-hybridized carbons (Fsp3) is 0.500. The lowest BCUT2D eigenvalue weighted by molar-refractivity contribution is -0.0482. The first-order chi connectivity index (χ1) is 10.1. The van der Waals surface area contributed by atoms with Gasteiger partial charge in [0.05, 0.1) is 12.1 Å². The molecule has 4 nitrogen and oxygen atoms in total. The van der Waals surface area contributed by atoms with Gasteiger partial charge in [-0.05, 0) is 48.8 Å². The number of aliphatic hydroxyl groups is 1. The first-order valence-electron chi connectivity index (χ1n) is 7.37. The van der Waals surface area contributed by atoms with E-state index in [1.165, 1.54) is 11.9 Å². The van der Waals surface area contributed by atoms with Crippen LogP contribution in [0.4, 0.5) is 0 Å². The van der Waals surface area contributed by atoms with Crippen molar-refractivity contribution in [3.05, 3.63) is 47.5 Å². The van der Waals surface area contributed by atoms with E-state index >= 15 is 0 Å². The molecule has 1 saturated carbocycles. The number of benzene rings is 1. The van der Waals surface area contributed by atoms with Crippen molar-refractivity contribution in [2.75, 3.05) is 0 Å². The standard InChI is InChI=1S/C16H20ClN3O/c1-12-2-5-14(8-13-3-6-15(17)7-4-13)16(12,21)9-20-11-18-10-19-20/h3-4,6-7,10-12,14,21H,2,5,8-9H2,1H3/t12-,14-,16-/m0/s1. The van der Waals surface area contributed by atoms with Crippen LogP contribution in [0.2, 0.25) is 5.02 Å². The highest BCUT2D eigenvalue weighted by Crippen LogP contribution is 2.43.